The number of benzene rings is 2. The van der Waals surface area contributed by atoms with E-state index >= 15 is 0 Å². The summed E-state index contributed by atoms with van der Waals surface area (Å²) < 4.78 is 1.98. The minimum atomic E-state index is -0.148. The Bertz CT molecular complexity index is 1120. The highest BCUT2D eigenvalue weighted by Gasteiger charge is 2.19. The first kappa shape index (κ1) is 21.3. The Hall–Kier alpha value is -2.97. The van der Waals surface area contributed by atoms with Crippen LogP contribution in [0.25, 0.3) is 5.69 Å². The number of carbonyl (C=O) groups excluding carboxylic acids is 2. The van der Waals surface area contributed by atoms with Gasteiger partial charge in [-0.3, -0.25) is 14.2 Å². The average Bonchev–Trinajstić information content (AvgIpc) is 3.21. The second-order valence-corrected chi connectivity index (χ2v) is 8.49. The Morgan fingerprint density at radius 2 is 2.10 bits per heavy atom. The number of hydrogen-bond donors (Lipinski definition) is 2. The Labute approximate surface area is 189 Å². The summed E-state index contributed by atoms with van der Waals surface area (Å²) in [5.41, 5.74) is 3.57. The minimum absolute atomic E-state index is 0.0271. The summed E-state index contributed by atoms with van der Waals surface area (Å²) in [5.74, 6) is 0.0421. The predicted octanol–water partition coefficient (Wildman–Crippen LogP) is 3.50. The van der Waals surface area contributed by atoms with E-state index in [9.17, 15) is 9.59 Å². The number of para-hydroxylation sites is 1. The Morgan fingerprint density at radius 1 is 1.26 bits per heavy atom. The Kier molecular flexibility index (Phi) is 6.48. The zero-order chi connectivity index (χ0) is 21.8. The van der Waals surface area contributed by atoms with E-state index in [0.717, 1.165) is 22.1 Å². The number of rotatable bonds is 6. The van der Waals surface area contributed by atoms with Gasteiger partial charge in [-0.05, 0) is 36.8 Å². The van der Waals surface area contributed by atoms with E-state index in [4.69, 9.17) is 11.6 Å². The van der Waals surface area contributed by atoms with Crippen molar-refractivity contribution in [3.63, 3.8) is 0 Å². The normalized spacial score (nSPS) is 13.7. The summed E-state index contributed by atoms with van der Waals surface area (Å²) >= 11 is 7.78. The smallest absolute Gasteiger partial charge is 0.239 e. The number of nitrogens with zero attached hydrogens (tertiary/aromatic N) is 3. The lowest BCUT2D eigenvalue weighted by atomic mass is 10.2. The van der Waals surface area contributed by atoms with Crippen LogP contribution in [0.3, 0.4) is 0 Å². The highest BCUT2D eigenvalue weighted by Crippen LogP contribution is 2.29. The van der Waals surface area contributed by atoms with Crippen molar-refractivity contribution in [2.45, 2.75) is 12.1 Å². The number of imidazole rings is 1. The molecular weight excluding hydrogens is 434 g/mol. The molecular formula is C22H22ClN5O2S. The summed E-state index contributed by atoms with van der Waals surface area (Å²) in [6.45, 7) is 3.60. The lowest BCUT2D eigenvalue weighted by Crippen LogP contribution is -2.47. The number of nitrogens with one attached hydrogen (secondary N) is 2. The maximum Gasteiger partial charge on any atom is 0.239 e. The molecule has 0 radical (unpaired) electrons. The summed E-state index contributed by atoms with van der Waals surface area (Å²) in [5, 5.41) is 6.91. The van der Waals surface area contributed by atoms with E-state index in [1.54, 1.807) is 18.3 Å². The fourth-order valence-corrected chi connectivity index (χ4v) is 4.49. The monoisotopic (exact) mass is 455 g/mol. The van der Waals surface area contributed by atoms with E-state index < -0.39 is 0 Å². The van der Waals surface area contributed by atoms with Gasteiger partial charge in [0, 0.05) is 31.2 Å². The topological polar surface area (TPSA) is 79.3 Å². The van der Waals surface area contributed by atoms with Crippen LogP contribution < -0.4 is 15.5 Å². The van der Waals surface area contributed by atoms with Crippen LogP contribution in [0.1, 0.15) is 5.56 Å². The Balaban J connectivity index is 1.38. The molecule has 2 heterocycles. The largest absolute Gasteiger partial charge is 0.359 e. The second-order valence-electron chi connectivity index (χ2n) is 7.14. The van der Waals surface area contributed by atoms with Crippen molar-refractivity contribution in [2.24, 2.45) is 0 Å². The van der Waals surface area contributed by atoms with E-state index in [0.29, 0.717) is 23.8 Å². The van der Waals surface area contributed by atoms with E-state index in [2.05, 4.69) is 15.6 Å². The number of thioether (sulfide) groups is 1. The first-order valence-electron chi connectivity index (χ1n) is 9.84. The van der Waals surface area contributed by atoms with Crippen molar-refractivity contribution in [1.29, 1.82) is 0 Å². The number of anilines is 2. The first-order valence-corrected chi connectivity index (χ1v) is 11.2. The van der Waals surface area contributed by atoms with Crippen molar-refractivity contribution < 1.29 is 9.59 Å². The van der Waals surface area contributed by atoms with Gasteiger partial charge in [-0.2, -0.15) is 0 Å². The third kappa shape index (κ3) is 5.03. The summed E-state index contributed by atoms with van der Waals surface area (Å²) in [7, 11) is 0. The van der Waals surface area contributed by atoms with Crippen molar-refractivity contribution in [3.8, 4) is 5.69 Å². The highest BCUT2D eigenvalue weighted by atomic mass is 35.5. The number of carbonyl (C=O) groups is 2. The average molecular weight is 456 g/mol. The molecule has 9 heteroatoms. The van der Waals surface area contributed by atoms with Crippen LogP contribution in [0.4, 0.5) is 11.4 Å². The molecule has 2 amide bonds. The van der Waals surface area contributed by atoms with Crippen LogP contribution in [0.15, 0.2) is 60.0 Å². The van der Waals surface area contributed by atoms with Gasteiger partial charge < -0.3 is 15.5 Å². The number of aromatic nitrogens is 2. The van der Waals surface area contributed by atoms with Crippen molar-refractivity contribution in [2.75, 3.05) is 35.6 Å². The fourth-order valence-electron chi connectivity index (χ4n) is 3.43. The van der Waals surface area contributed by atoms with Crippen molar-refractivity contribution in [1.82, 2.24) is 14.9 Å². The lowest BCUT2D eigenvalue weighted by molar-refractivity contribution is -0.120. The lowest BCUT2D eigenvalue weighted by Gasteiger charge is -2.29. The van der Waals surface area contributed by atoms with E-state index in [-0.39, 0.29) is 24.1 Å². The number of amides is 2. The summed E-state index contributed by atoms with van der Waals surface area (Å²) in [6, 6.07) is 13.4. The van der Waals surface area contributed by atoms with Crippen LogP contribution in [0, 0.1) is 6.92 Å². The van der Waals surface area contributed by atoms with E-state index in [1.165, 1.54) is 11.8 Å². The number of aryl methyl sites for hydroxylation is 1. The van der Waals surface area contributed by atoms with Gasteiger partial charge in [0.25, 0.3) is 0 Å². The molecule has 0 aliphatic carbocycles. The molecule has 7 nitrogen and oxygen atoms in total. The number of piperazine rings is 1. The predicted molar refractivity (Wildman–Crippen MR) is 124 cm³/mol. The van der Waals surface area contributed by atoms with E-state index in [1.807, 2.05) is 52.9 Å². The molecule has 1 aromatic heterocycles. The van der Waals surface area contributed by atoms with Gasteiger partial charge in [0.2, 0.25) is 11.8 Å². The molecule has 0 saturated carbocycles. The molecule has 160 valence electrons. The molecule has 1 aliphatic heterocycles. The molecule has 1 aliphatic rings. The second kappa shape index (κ2) is 9.45. The van der Waals surface area contributed by atoms with Gasteiger partial charge in [0.05, 0.1) is 28.7 Å². The highest BCUT2D eigenvalue weighted by molar-refractivity contribution is 7.99. The molecule has 3 aromatic rings. The quantitative estimate of drug-likeness (QED) is 0.556. The molecule has 0 bridgehead atoms. The first-order chi connectivity index (χ1) is 15.0. The minimum Gasteiger partial charge on any atom is -0.359 e. The standard InChI is InChI=1S/C22H22ClN5O2S/c1-15-4-2-3-5-18(15)28-11-9-25-22(28)31-14-21(30)26-16-6-7-19(17(23)12-16)27-10-8-24-20(29)13-27/h2-7,9,11-12H,8,10,13-14H2,1H3,(H,24,29)(H,26,30). The molecule has 0 atom stereocenters. The summed E-state index contributed by atoms with van der Waals surface area (Å²) in [4.78, 5) is 30.4. The van der Waals surface area contributed by atoms with Crippen molar-refractivity contribution >= 4 is 46.6 Å². The molecule has 2 aromatic carbocycles. The zero-order valence-corrected chi connectivity index (χ0v) is 18.5. The molecule has 1 fully saturated rings. The Morgan fingerprint density at radius 3 is 2.87 bits per heavy atom. The molecule has 0 spiro atoms. The number of halogens is 1. The molecule has 0 unspecified atom stereocenters. The third-order valence-electron chi connectivity index (χ3n) is 4.92. The van der Waals surface area contributed by atoms with Crippen LogP contribution in [0.2, 0.25) is 5.02 Å². The third-order valence-corrected chi connectivity index (χ3v) is 6.19. The van der Waals surface area contributed by atoms with Gasteiger partial charge in [-0.25, -0.2) is 4.98 Å². The molecule has 1 saturated heterocycles. The fraction of sp³-hybridized carbons (Fsp3) is 0.227. The van der Waals surface area contributed by atoms with Gasteiger partial charge >= 0.3 is 0 Å². The maximum atomic E-state index is 12.5. The van der Waals surface area contributed by atoms with Crippen LogP contribution in [-0.2, 0) is 9.59 Å². The molecule has 31 heavy (non-hydrogen) atoms. The van der Waals surface area contributed by atoms with Crippen molar-refractivity contribution in [3.05, 3.63) is 65.4 Å². The zero-order valence-electron chi connectivity index (χ0n) is 17.0. The molecule has 4 rings (SSSR count). The van der Waals surface area contributed by atoms with Crippen LogP contribution in [0.5, 0.6) is 0 Å². The van der Waals surface area contributed by atoms with Crippen LogP contribution >= 0.6 is 23.4 Å². The van der Waals surface area contributed by atoms with Gasteiger partial charge in [-0.15, -0.1) is 0 Å². The SMILES string of the molecule is Cc1ccccc1-n1ccnc1SCC(=O)Nc1ccc(N2CCNC(=O)C2)c(Cl)c1. The van der Waals surface area contributed by atoms with Gasteiger partial charge in [0.1, 0.15) is 0 Å². The molecule has 2 N–H and O–H groups in total. The summed E-state index contributed by atoms with van der Waals surface area (Å²) in [6.07, 6.45) is 3.62. The van der Waals surface area contributed by atoms with Gasteiger partial charge in [-0.1, -0.05) is 41.6 Å². The van der Waals surface area contributed by atoms with Gasteiger partial charge in [0.15, 0.2) is 5.16 Å². The van der Waals surface area contributed by atoms with Crippen LogP contribution in [-0.4, -0.2) is 46.8 Å². The number of hydrogen-bond acceptors (Lipinski definition) is 5. The maximum absolute atomic E-state index is 12.5.